The third kappa shape index (κ3) is 2.98. The number of hydrogen-bond donors (Lipinski definition) is 0. The lowest BCUT2D eigenvalue weighted by Gasteiger charge is -2.35. The zero-order chi connectivity index (χ0) is 15.6. The van der Waals surface area contributed by atoms with Gasteiger partial charge in [0.05, 0.1) is 6.04 Å². The third-order valence-corrected chi connectivity index (χ3v) is 4.79. The molecule has 1 saturated heterocycles. The van der Waals surface area contributed by atoms with Crippen LogP contribution in [0.4, 0.5) is 0 Å². The fourth-order valence-electron chi connectivity index (χ4n) is 3.34. The molecule has 0 unspecified atom stereocenters. The van der Waals surface area contributed by atoms with Crippen LogP contribution in [0.3, 0.4) is 0 Å². The van der Waals surface area contributed by atoms with Crippen LogP contribution in [0.25, 0.3) is 0 Å². The van der Waals surface area contributed by atoms with E-state index in [1.54, 1.807) is 24.5 Å². The van der Waals surface area contributed by atoms with E-state index in [9.17, 15) is 4.79 Å². The molecule has 6 nitrogen and oxygen atoms in total. The highest BCUT2D eigenvalue weighted by Crippen LogP contribution is 2.34. The maximum absolute atomic E-state index is 12.9. The second kappa shape index (κ2) is 6.10. The minimum Gasteiger partial charge on any atom is -0.328 e. The molecule has 0 aromatic carbocycles. The van der Waals surface area contributed by atoms with Gasteiger partial charge in [-0.1, -0.05) is 0 Å². The van der Waals surface area contributed by atoms with Gasteiger partial charge in [0.2, 0.25) is 0 Å². The first-order valence-corrected chi connectivity index (χ1v) is 8.41. The molecule has 0 spiro atoms. The molecule has 120 valence electrons. The number of likely N-dealkylation sites (tertiary alicyclic amines) is 1. The van der Waals surface area contributed by atoms with Crippen molar-refractivity contribution in [3.63, 3.8) is 0 Å². The summed E-state index contributed by atoms with van der Waals surface area (Å²) in [7, 11) is 0. The Bertz CT molecular complexity index is 679. The van der Waals surface area contributed by atoms with E-state index in [4.69, 9.17) is 0 Å². The van der Waals surface area contributed by atoms with Gasteiger partial charge in [0, 0.05) is 31.0 Å². The number of carbonyl (C=O) groups excluding carboxylic acids is 1. The van der Waals surface area contributed by atoms with Gasteiger partial charge >= 0.3 is 0 Å². The van der Waals surface area contributed by atoms with Crippen molar-refractivity contribution in [3.8, 4) is 0 Å². The summed E-state index contributed by atoms with van der Waals surface area (Å²) in [5.74, 6) is 1.77. The first-order chi connectivity index (χ1) is 11.3. The number of pyridine rings is 1. The third-order valence-electron chi connectivity index (χ3n) is 4.79. The molecular weight excluding hydrogens is 290 g/mol. The van der Waals surface area contributed by atoms with Crippen LogP contribution in [0.2, 0.25) is 0 Å². The average Bonchev–Trinajstić information content (AvgIpc) is 3.30. The molecule has 2 aromatic heterocycles. The predicted octanol–water partition coefficient (Wildman–Crippen LogP) is 2.45. The standard InChI is InChI=1S/C17H21N5O/c23-17(14-6-8-18-9-7-14)22-10-2-1-3-15(22)16-20-19-12-21(16)11-13-4-5-13/h6-9,12-13,15H,1-5,10-11H2/t15-/m1/s1. The van der Waals surface area contributed by atoms with Crippen LogP contribution in [0, 0.1) is 5.92 Å². The van der Waals surface area contributed by atoms with Crippen molar-refractivity contribution in [2.75, 3.05) is 6.54 Å². The Morgan fingerprint density at radius 2 is 2.00 bits per heavy atom. The Kier molecular flexibility index (Phi) is 3.81. The summed E-state index contributed by atoms with van der Waals surface area (Å²) in [5, 5.41) is 8.46. The minimum absolute atomic E-state index is 0.0330. The largest absolute Gasteiger partial charge is 0.328 e. The zero-order valence-corrected chi connectivity index (χ0v) is 13.1. The average molecular weight is 311 g/mol. The number of carbonyl (C=O) groups is 1. The lowest BCUT2D eigenvalue weighted by Crippen LogP contribution is -2.39. The Morgan fingerprint density at radius 3 is 2.78 bits per heavy atom. The maximum atomic E-state index is 12.9. The lowest BCUT2D eigenvalue weighted by atomic mass is 10.00. The van der Waals surface area contributed by atoms with Gasteiger partial charge in [-0.25, -0.2) is 0 Å². The molecule has 2 aromatic rings. The fraction of sp³-hybridized carbons (Fsp3) is 0.529. The summed E-state index contributed by atoms with van der Waals surface area (Å²) in [6.07, 6.45) is 10.9. The topological polar surface area (TPSA) is 63.9 Å². The first kappa shape index (κ1) is 14.4. The summed E-state index contributed by atoms with van der Waals surface area (Å²) in [6, 6.07) is 3.59. The predicted molar refractivity (Wildman–Crippen MR) is 84.6 cm³/mol. The highest BCUT2D eigenvalue weighted by atomic mass is 16.2. The maximum Gasteiger partial charge on any atom is 0.254 e. The number of rotatable bonds is 4. The van der Waals surface area contributed by atoms with Gasteiger partial charge < -0.3 is 9.47 Å². The molecule has 0 bridgehead atoms. The van der Waals surface area contributed by atoms with E-state index in [0.29, 0.717) is 5.56 Å². The summed E-state index contributed by atoms with van der Waals surface area (Å²) < 4.78 is 2.15. The monoisotopic (exact) mass is 311 g/mol. The zero-order valence-electron chi connectivity index (χ0n) is 13.1. The van der Waals surface area contributed by atoms with Crippen LogP contribution in [0.5, 0.6) is 0 Å². The van der Waals surface area contributed by atoms with Crippen molar-refractivity contribution in [2.24, 2.45) is 5.92 Å². The molecule has 1 aliphatic carbocycles. The van der Waals surface area contributed by atoms with Crippen LogP contribution in [-0.2, 0) is 6.54 Å². The molecule has 0 N–H and O–H groups in total. The van der Waals surface area contributed by atoms with Gasteiger partial charge in [0.25, 0.3) is 5.91 Å². The van der Waals surface area contributed by atoms with Crippen LogP contribution < -0.4 is 0 Å². The van der Waals surface area contributed by atoms with Crippen molar-refractivity contribution in [3.05, 3.63) is 42.2 Å². The molecule has 1 atom stereocenters. The molecule has 4 rings (SSSR count). The van der Waals surface area contributed by atoms with Crippen molar-refractivity contribution >= 4 is 5.91 Å². The van der Waals surface area contributed by atoms with Gasteiger partial charge in [0.15, 0.2) is 5.82 Å². The number of amides is 1. The quantitative estimate of drug-likeness (QED) is 0.870. The molecule has 1 aliphatic heterocycles. The molecule has 1 saturated carbocycles. The molecule has 3 heterocycles. The van der Waals surface area contributed by atoms with Crippen molar-refractivity contribution in [1.29, 1.82) is 0 Å². The van der Waals surface area contributed by atoms with Crippen molar-refractivity contribution in [1.82, 2.24) is 24.6 Å². The summed E-state index contributed by atoms with van der Waals surface area (Å²) in [5.41, 5.74) is 0.695. The number of hydrogen-bond acceptors (Lipinski definition) is 4. The summed E-state index contributed by atoms with van der Waals surface area (Å²) in [4.78, 5) is 18.9. The number of aromatic nitrogens is 4. The number of piperidine rings is 1. The molecule has 1 amide bonds. The normalized spacial score (nSPS) is 21.4. The van der Waals surface area contributed by atoms with Gasteiger partial charge in [-0.15, -0.1) is 10.2 Å². The van der Waals surface area contributed by atoms with Gasteiger partial charge in [-0.3, -0.25) is 9.78 Å². The van der Waals surface area contributed by atoms with Crippen molar-refractivity contribution < 1.29 is 4.79 Å². The van der Waals surface area contributed by atoms with E-state index in [1.807, 2.05) is 11.2 Å². The molecule has 0 radical (unpaired) electrons. The lowest BCUT2D eigenvalue weighted by molar-refractivity contribution is 0.0594. The molecule has 2 aliphatic rings. The van der Waals surface area contributed by atoms with Crippen LogP contribution in [-0.4, -0.2) is 37.1 Å². The van der Waals surface area contributed by atoms with Crippen LogP contribution in [0.15, 0.2) is 30.9 Å². The Morgan fingerprint density at radius 1 is 1.17 bits per heavy atom. The number of nitrogens with zero attached hydrogens (tertiary/aromatic N) is 5. The van der Waals surface area contributed by atoms with Crippen LogP contribution >= 0.6 is 0 Å². The Labute approximate surface area is 135 Å². The highest BCUT2D eigenvalue weighted by molar-refractivity contribution is 5.94. The Hall–Kier alpha value is -2.24. The molecule has 23 heavy (non-hydrogen) atoms. The smallest absolute Gasteiger partial charge is 0.254 e. The molecular formula is C17H21N5O. The van der Waals surface area contributed by atoms with Crippen molar-refractivity contribution in [2.45, 2.75) is 44.7 Å². The van der Waals surface area contributed by atoms with Gasteiger partial charge in [0.1, 0.15) is 6.33 Å². The molecule has 2 fully saturated rings. The van der Waals surface area contributed by atoms with E-state index in [2.05, 4.69) is 19.7 Å². The van der Waals surface area contributed by atoms with Gasteiger partial charge in [-0.2, -0.15) is 0 Å². The van der Waals surface area contributed by atoms with E-state index < -0.39 is 0 Å². The van der Waals surface area contributed by atoms with E-state index in [0.717, 1.165) is 44.1 Å². The second-order valence-electron chi connectivity index (χ2n) is 6.53. The van der Waals surface area contributed by atoms with Crippen LogP contribution in [0.1, 0.15) is 54.3 Å². The second-order valence-corrected chi connectivity index (χ2v) is 6.53. The summed E-state index contributed by atoms with van der Waals surface area (Å²) >= 11 is 0. The first-order valence-electron chi connectivity index (χ1n) is 8.41. The van der Waals surface area contributed by atoms with E-state index in [1.165, 1.54) is 12.8 Å². The fourth-order valence-corrected chi connectivity index (χ4v) is 3.34. The highest BCUT2D eigenvalue weighted by Gasteiger charge is 2.33. The van der Waals surface area contributed by atoms with E-state index in [-0.39, 0.29) is 11.9 Å². The minimum atomic E-state index is 0.0330. The van der Waals surface area contributed by atoms with E-state index >= 15 is 0 Å². The SMILES string of the molecule is O=C(c1ccncc1)N1CCCC[C@@H]1c1nncn1CC1CC1. The van der Waals surface area contributed by atoms with Gasteiger partial charge in [-0.05, 0) is 50.2 Å². The Balaban J connectivity index is 1.60. The molecule has 6 heteroatoms. The summed E-state index contributed by atoms with van der Waals surface area (Å²) in [6.45, 7) is 1.76.